The molecule has 0 spiro atoms. The first-order valence-electron chi connectivity index (χ1n) is 5.29. The molecule has 0 aliphatic carbocycles. The van der Waals surface area contributed by atoms with Crippen LogP contribution in [0.1, 0.15) is 40.5 Å². The fourth-order valence-corrected chi connectivity index (χ4v) is 1.61. The topological polar surface area (TPSA) is 9.23 Å². The molecule has 0 radical (unpaired) electrons. The second kappa shape index (κ2) is 4.04. The minimum Gasteiger partial charge on any atom is -0.483 e. The van der Waals surface area contributed by atoms with Gasteiger partial charge in [0.15, 0.2) is 0 Å². The third-order valence-electron chi connectivity index (χ3n) is 2.52. The molecule has 0 aromatic rings. The Hall–Kier alpha value is -0.980. The Morgan fingerprint density at radius 2 is 1.93 bits per heavy atom. The van der Waals surface area contributed by atoms with Crippen LogP contribution in [0.15, 0.2) is 35.6 Å². The number of ether oxygens (including phenoxy) is 1. The maximum Gasteiger partial charge on any atom is 0.126 e. The molecule has 0 saturated heterocycles. The van der Waals surface area contributed by atoms with Gasteiger partial charge >= 0.3 is 0 Å². The number of hydrogen-bond acceptors (Lipinski definition) is 1. The third-order valence-corrected chi connectivity index (χ3v) is 2.52. The molecular weight excluding hydrogens is 172 g/mol. The summed E-state index contributed by atoms with van der Waals surface area (Å²) in [7, 11) is 0. The zero-order valence-electron chi connectivity index (χ0n) is 9.68. The largest absolute Gasteiger partial charge is 0.483 e. The summed E-state index contributed by atoms with van der Waals surface area (Å²) in [6, 6.07) is 0. The molecule has 0 unspecified atom stereocenters. The lowest BCUT2D eigenvalue weighted by atomic mass is 9.98. The van der Waals surface area contributed by atoms with Crippen molar-refractivity contribution in [2.75, 3.05) is 0 Å². The maximum absolute atomic E-state index is 5.92. The molecule has 0 fully saturated rings. The molecule has 0 atom stereocenters. The molecule has 0 amide bonds. The molecule has 0 saturated carbocycles. The van der Waals surface area contributed by atoms with Gasteiger partial charge in [-0.3, -0.25) is 0 Å². The summed E-state index contributed by atoms with van der Waals surface area (Å²) >= 11 is 0. The molecular formula is C13H20O. The van der Waals surface area contributed by atoms with Crippen LogP contribution in [0.4, 0.5) is 0 Å². The molecule has 1 heterocycles. The predicted molar refractivity (Wildman–Crippen MR) is 61.1 cm³/mol. The van der Waals surface area contributed by atoms with Crippen molar-refractivity contribution in [2.24, 2.45) is 0 Å². The highest BCUT2D eigenvalue weighted by atomic mass is 16.5. The van der Waals surface area contributed by atoms with E-state index in [4.69, 9.17) is 4.74 Å². The average Bonchev–Trinajstić information content (AvgIpc) is 2.13. The van der Waals surface area contributed by atoms with Gasteiger partial charge in [-0.2, -0.15) is 0 Å². The van der Waals surface area contributed by atoms with Crippen LogP contribution in [-0.4, -0.2) is 5.60 Å². The minimum absolute atomic E-state index is 0.188. The Bertz CT molecular complexity index is 286. The first-order valence-corrected chi connectivity index (χ1v) is 5.29. The van der Waals surface area contributed by atoms with Crippen molar-refractivity contribution in [3.63, 3.8) is 0 Å². The third kappa shape index (κ3) is 2.28. The van der Waals surface area contributed by atoms with E-state index in [1.807, 2.05) is 0 Å². The van der Waals surface area contributed by atoms with Crippen LogP contribution in [0.3, 0.4) is 0 Å². The molecule has 78 valence electrons. The van der Waals surface area contributed by atoms with Crippen LogP contribution >= 0.6 is 0 Å². The summed E-state index contributed by atoms with van der Waals surface area (Å²) in [6.07, 6.45) is 6.19. The van der Waals surface area contributed by atoms with E-state index in [1.165, 1.54) is 5.57 Å². The van der Waals surface area contributed by atoms with Crippen LogP contribution in [0.25, 0.3) is 0 Å². The molecule has 0 aromatic carbocycles. The quantitative estimate of drug-likeness (QED) is 0.643. The number of allylic oxidation sites excluding steroid dienone is 2. The van der Waals surface area contributed by atoms with E-state index in [2.05, 4.69) is 46.4 Å². The highest BCUT2D eigenvalue weighted by Crippen LogP contribution is 2.31. The van der Waals surface area contributed by atoms with Gasteiger partial charge in [-0.05, 0) is 38.3 Å². The van der Waals surface area contributed by atoms with Gasteiger partial charge in [0, 0.05) is 5.57 Å². The fourth-order valence-electron chi connectivity index (χ4n) is 1.61. The summed E-state index contributed by atoms with van der Waals surface area (Å²) in [5.41, 5.74) is 2.17. The van der Waals surface area contributed by atoms with E-state index in [1.54, 1.807) is 0 Å². The number of rotatable bonds is 2. The van der Waals surface area contributed by atoms with Crippen molar-refractivity contribution in [3.8, 4) is 0 Å². The van der Waals surface area contributed by atoms with Crippen molar-refractivity contribution in [2.45, 2.75) is 46.1 Å². The lowest BCUT2D eigenvalue weighted by molar-refractivity contribution is 0.0766. The Morgan fingerprint density at radius 3 is 2.43 bits per heavy atom. The summed E-state index contributed by atoms with van der Waals surface area (Å²) < 4.78 is 5.92. The first kappa shape index (κ1) is 11.1. The zero-order valence-corrected chi connectivity index (χ0v) is 9.68. The molecule has 1 heteroatoms. The van der Waals surface area contributed by atoms with E-state index in [9.17, 15) is 0 Å². The Labute approximate surface area is 87.2 Å². The minimum atomic E-state index is -0.188. The fraction of sp³-hybridized carbons (Fsp3) is 0.538. The normalized spacial score (nSPS) is 19.4. The second-order valence-electron chi connectivity index (χ2n) is 4.20. The lowest BCUT2D eigenvalue weighted by Crippen LogP contribution is -2.25. The monoisotopic (exact) mass is 192 g/mol. The average molecular weight is 192 g/mol. The van der Waals surface area contributed by atoms with Crippen molar-refractivity contribution < 1.29 is 4.74 Å². The van der Waals surface area contributed by atoms with E-state index in [0.717, 1.165) is 24.2 Å². The van der Waals surface area contributed by atoms with Crippen molar-refractivity contribution in [3.05, 3.63) is 35.6 Å². The smallest absolute Gasteiger partial charge is 0.126 e. The summed E-state index contributed by atoms with van der Waals surface area (Å²) in [4.78, 5) is 0. The van der Waals surface area contributed by atoms with Crippen molar-refractivity contribution in [1.82, 2.24) is 0 Å². The number of hydrogen-bond donors (Lipinski definition) is 0. The molecule has 1 nitrogen and oxygen atoms in total. The summed E-state index contributed by atoms with van der Waals surface area (Å²) in [5.74, 6) is 1.00. The van der Waals surface area contributed by atoms with Gasteiger partial charge in [0.1, 0.15) is 11.4 Å². The molecule has 1 aliphatic rings. The summed E-state index contributed by atoms with van der Waals surface area (Å²) in [6.45, 7) is 12.5. The maximum atomic E-state index is 5.92. The van der Waals surface area contributed by atoms with Crippen molar-refractivity contribution in [1.29, 1.82) is 0 Å². The molecule has 1 aliphatic heterocycles. The van der Waals surface area contributed by atoms with E-state index in [-0.39, 0.29) is 5.60 Å². The zero-order chi connectivity index (χ0) is 10.8. The molecule has 0 N–H and O–H groups in total. The molecule has 1 rings (SSSR count). The van der Waals surface area contributed by atoms with Crippen LogP contribution in [0.2, 0.25) is 0 Å². The van der Waals surface area contributed by atoms with Gasteiger partial charge in [0.05, 0.1) is 0 Å². The first-order chi connectivity index (χ1) is 6.50. The lowest BCUT2D eigenvalue weighted by Gasteiger charge is -2.30. The van der Waals surface area contributed by atoms with Gasteiger partial charge < -0.3 is 4.74 Å². The Balaban J connectivity index is 3.07. The predicted octanol–water partition coefficient (Wildman–Crippen LogP) is 3.98. The van der Waals surface area contributed by atoms with Crippen LogP contribution in [0, 0.1) is 0 Å². The highest BCUT2D eigenvalue weighted by molar-refractivity contribution is 5.40. The van der Waals surface area contributed by atoms with Gasteiger partial charge in [-0.15, -0.1) is 0 Å². The molecule has 0 aromatic heterocycles. The Morgan fingerprint density at radius 1 is 1.36 bits per heavy atom. The van der Waals surface area contributed by atoms with Crippen LogP contribution < -0.4 is 0 Å². The standard InChI is InChI=1S/C13H20O/c1-6-11(7-2)12-10(3)8-9-13(4,5)14-12/h8-9H,3,6-7H2,1-2,4-5H3. The van der Waals surface area contributed by atoms with E-state index >= 15 is 0 Å². The summed E-state index contributed by atoms with van der Waals surface area (Å²) in [5, 5.41) is 0. The highest BCUT2D eigenvalue weighted by Gasteiger charge is 2.23. The molecule has 0 bridgehead atoms. The van der Waals surface area contributed by atoms with E-state index < -0.39 is 0 Å². The van der Waals surface area contributed by atoms with Crippen molar-refractivity contribution >= 4 is 0 Å². The van der Waals surface area contributed by atoms with E-state index in [0.29, 0.717) is 0 Å². The Kier molecular flexibility index (Phi) is 3.20. The SMILES string of the molecule is C=C1C=CC(C)(C)OC1=C(CC)CC. The second-order valence-corrected chi connectivity index (χ2v) is 4.20. The van der Waals surface area contributed by atoms with Gasteiger partial charge in [-0.1, -0.05) is 26.5 Å². The van der Waals surface area contributed by atoms with Crippen LogP contribution in [-0.2, 0) is 4.74 Å². The van der Waals surface area contributed by atoms with Gasteiger partial charge in [0.2, 0.25) is 0 Å². The van der Waals surface area contributed by atoms with Gasteiger partial charge in [-0.25, -0.2) is 0 Å². The van der Waals surface area contributed by atoms with Crippen LogP contribution in [0.5, 0.6) is 0 Å². The van der Waals surface area contributed by atoms with Gasteiger partial charge in [0.25, 0.3) is 0 Å². The molecule has 14 heavy (non-hydrogen) atoms.